The number of carboxylic acids is 1. The molecule has 0 aliphatic heterocycles. The molecule has 26 heavy (non-hydrogen) atoms. The van der Waals surface area contributed by atoms with Crippen molar-refractivity contribution in [2.45, 2.75) is 20.8 Å². The average Bonchev–Trinajstić information content (AvgIpc) is 2.57. The molecule has 3 aromatic rings. The van der Waals surface area contributed by atoms with Crippen LogP contribution >= 0.6 is 0 Å². The van der Waals surface area contributed by atoms with Crippen molar-refractivity contribution < 1.29 is 9.90 Å². The van der Waals surface area contributed by atoms with Crippen LogP contribution in [0, 0.1) is 20.8 Å². The molecule has 132 valence electrons. The Morgan fingerprint density at radius 1 is 0.923 bits per heavy atom. The first-order valence-electron chi connectivity index (χ1n) is 8.21. The molecule has 3 rings (SSSR count). The maximum atomic E-state index is 11.1. The number of aromatic carboxylic acids is 1. The number of nitrogens with one attached hydrogen (secondary N) is 2. The predicted molar refractivity (Wildman–Crippen MR) is 103 cm³/mol. The fourth-order valence-corrected chi connectivity index (χ4v) is 2.67. The van der Waals surface area contributed by atoms with Crippen LogP contribution in [0.1, 0.15) is 27.3 Å². The maximum Gasteiger partial charge on any atom is 0.335 e. The van der Waals surface area contributed by atoms with E-state index in [1.54, 1.807) is 30.3 Å². The van der Waals surface area contributed by atoms with Gasteiger partial charge in [-0.05, 0) is 50.6 Å². The summed E-state index contributed by atoms with van der Waals surface area (Å²) in [7, 11) is 0. The molecule has 0 unspecified atom stereocenters. The van der Waals surface area contributed by atoms with E-state index < -0.39 is 5.97 Å². The average molecular weight is 348 g/mol. The maximum absolute atomic E-state index is 11.1. The monoisotopic (exact) mass is 348 g/mol. The topological polar surface area (TPSA) is 87.1 Å². The number of hydrogen-bond donors (Lipinski definition) is 3. The second-order valence-electron chi connectivity index (χ2n) is 6.14. The summed E-state index contributed by atoms with van der Waals surface area (Å²) in [4.78, 5) is 19.9. The van der Waals surface area contributed by atoms with E-state index in [0.29, 0.717) is 23.1 Å². The van der Waals surface area contributed by atoms with Gasteiger partial charge < -0.3 is 15.7 Å². The van der Waals surface area contributed by atoms with E-state index in [9.17, 15) is 4.79 Å². The molecule has 2 aromatic carbocycles. The first-order valence-corrected chi connectivity index (χ1v) is 8.21. The Kier molecular flexibility index (Phi) is 4.84. The lowest BCUT2D eigenvalue weighted by atomic mass is 10.1. The summed E-state index contributed by atoms with van der Waals surface area (Å²) in [5.74, 6) is 0.898. The van der Waals surface area contributed by atoms with E-state index in [0.717, 1.165) is 11.3 Å². The second-order valence-corrected chi connectivity index (χ2v) is 6.14. The Morgan fingerprint density at radius 2 is 1.65 bits per heavy atom. The molecule has 0 aliphatic rings. The van der Waals surface area contributed by atoms with Crippen LogP contribution in [0.4, 0.5) is 23.0 Å². The second kappa shape index (κ2) is 7.23. The minimum Gasteiger partial charge on any atom is -0.478 e. The quantitative estimate of drug-likeness (QED) is 0.625. The number of nitrogens with zero attached hydrogens (tertiary/aromatic N) is 2. The van der Waals surface area contributed by atoms with E-state index in [1.807, 2.05) is 26.0 Å². The molecule has 0 saturated heterocycles. The van der Waals surface area contributed by atoms with Gasteiger partial charge in [-0.2, -0.15) is 0 Å². The zero-order chi connectivity index (χ0) is 18.7. The van der Waals surface area contributed by atoms with Crippen molar-refractivity contribution in [2.75, 3.05) is 10.6 Å². The Hall–Kier alpha value is -3.41. The predicted octanol–water partition coefficient (Wildman–Crippen LogP) is 4.59. The van der Waals surface area contributed by atoms with Crippen molar-refractivity contribution in [3.05, 3.63) is 71.0 Å². The number of anilines is 4. The Balaban J connectivity index is 1.85. The minimum absolute atomic E-state index is 0.217. The number of carbonyl (C=O) groups is 1. The van der Waals surface area contributed by atoms with Gasteiger partial charge in [-0.3, -0.25) is 0 Å². The van der Waals surface area contributed by atoms with Gasteiger partial charge >= 0.3 is 5.97 Å². The molecule has 1 heterocycles. The third kappa shape index (κ3) is 4.16. The summed E-state index contributed by atoms with van der Waals surface area (Å²) < 4.78 is 0. The van der Waals surface area contributed by atoms with Gasteiger partial charge in [0.25, 0.3) is 0 Å². The van der Waals surface area contributed by atoms with Crippen molar-refractivity contribution in [2.24, 2.45) is 0 Å². The lowest BCUT2D eigenvalue weighted by Crippen LogP contribution is -2.03. The van der Waals surface area contributed by atoms with Crippen LogP contribution in [-0.2, 0) is 0 Å². The van der Waals surface area contributed by atoms with Gasteiger partial charge in [0.2, 0.25) is 0 Å². The highest BCUT2D eigenvalue weighted by molar-refractivity contribution is 5.89. The number of benzene rings is 2. The Bertz CT molecular complexity index is 970. The smallest absolute Gasteiger partial charge is 0.335 e. The molecule has 0 fully saturated rings. The third-order valence-electron chi connectivity index (χ3n) is 3.86. The van der Waals surface area contributed by atoms with Crippen LogP contribution < -0.4 is 10.6 Å². The molecule has 6 nitrogen and oxygen atoms in total. The van der Waals surface area contributed by atoms with Gasteiger partial charge in [-0.25, -0.2) is 14.8 Å². The molecular weight excluding hydrogens is 328 g/mol. The molecule has 3 N–H and O–H groups in total. The van der Waals surface area contributed by atoms with Gasteiger partial charge in [-0.1, -0.05) is 23.8 Å². The molecule has 0 aliphatic carbocycles. The van der Waals surface area contributed by atoms with Gasteiger partial charge in [0, 0.05) is 17.4 Å². The van der Waals surface area contributed by atoms with Crippen molar-refractivity contribution in [3.8, 4) is 0 Å². The van der Waals surface area contributed by atoms with E-state index in [2.05, 4.69) is 33.6 Å². The van der Waals surface area contributed by atoms with Crippen molar-refractivity contribution in [3.63, 3.8) is 0 Å². The van der Waals surface area contributed by atoms with Crippen LogP contribution in [0.2, 0.25) is 0 Å². The van der Waals surface area contributed by atoms with Crippen LogP contribution in [0.15, 0.2) is 48.5 Å². The number of aryl methyl sites for hydroxylation is 3. The van der Waals surface area contributed by atoms with Crippen LogP contribution in [0.25, 0.3) is 0 Å². The fourth-order valence-electron chi connectivity index (χ4n) is 2.67. The van der Waals surface area contributed by atoms with E-state index in [1.165, 1.54) is 5.56 Å². The highest BCUT2D eigenvalue weighted by Crippen LogP contribution is 2.23. The van der Waals surface area contributed by atoms with E-state index in [-0.39, 0.29) is 5.56 Å². The zero-order valence-corrected chi connectivity index (χ0v) is 14.9. The largest absolute Gasteiger partial charge is 0.478 e. The lowest BCUT2D eigenvalue weighted by molar-refractivity contribution is 0.0697. The zero-order valence-electron chi connectivity index (χ0n) is 14.9. The fraction of sp³-hybridized carbons (Fsp3) is 0.150. The molecule has 0 radical (unpaired) electrons. The summed E-state index contributed by atoms with van der Waals surface area (Å²) in [5, 5.41) is 15.6. The first-order chi connectivity index (χ1) is 12.4. The number of hydrogen-bond acceptors (Lipinski definition) is 5. The molecule has 6 heteroatoms. The molecule has 0 saturated carbocycles. The molecule has 0 spiro atoms. The number of aromatic nitrogens is 2. The standard InChI is InChI=1S/C20H20N4O2/c1-12-7-8-17(13(2)9-12)24-19-11-18(21-14(3)22-19)23-16-6-4-5-15(10-16)20(25)26/h4-11H,1-3H3,(H,25,26)(H2,21,22,23,24). The molecule has 1 aromatic heterocycles. The number of carboxylic acid groups (broad SMARTS) is 1. The van der Waals surface area contributed by atoms with Gasteiger partial charge in [0.15, 0.2) is 0 Å². The normalized spacial score (nSPS) is 10.4. The molecule has 0 bridgehead atoms. The summed E-state index contributed by atoms with van der Waals surface area (Å²) in [6.07, 6.45) is 0. The van der Waals surface area contributed by atoms with Crippen molar-refractivity contribution in [1.82, 2.24) is 9.97 Å². The van der Waals surface area contributed by atoms with E-state index in [4.69, 9.17) is 5.11 Å². The van der Waals surface area contributed by atoms with Crippen molar-refractivity contribution in [1.29, 1.82) is 0 Å². The molecular formula is C20H20N4O2. The third-order valence-corrected chi connectivity index (χ3v) is 3.86. The summed E-state index contributed by atoms with van der Waals surface area (Å²) in [6.45, 7) is 5.91. The SMILES string of the molecule is Cc1ccc(Nc2cc(Nc3cccc(C(=O)O)c3)nc(C)n2)c(C)c1. The Labute approximate surface area is 152 Å². The van der Waals surface area contributed by atoms with E-state index >= 15 is 0 Å². The Morgan fingerprint density at radius 3 is 2.35 bits per heavy atom. The van der Waals surface area contributed by atoms with Crippen LogP contribution in [-0.4, -0.2) is 21.0 Å². The minimum atomic E-state index is -0.968. The van der Waals surface area contributed by atoms with Crippen molar-refractivity contribution >= 4 is 29.0 Å². The summed E-state index contributed by atoms with van der Waals surface area (Å²) >= 11 is 0. The first kappa shape index (κ1) is 17.4. The van der Waals surface area contributed by atoms with Gasteiger partial charge in [0.1, 0.15) is 17.5 Å². The molecule has 0 amide bonds. The number of rotatable bonds is 5. The summed E-state index contributed by atoms with van der Waals surface area (Å²) in [6, 6.07) is 14.6. The summed E-state index contributed by atoms with van der Waals surface area (Å²) in [5.41, 5.74) is 4.18. The lowest BCUT2D eigenvalue weighted by Gasteiger charge is -2.12. The highest BCUT2D eigenvalue weighted by Gasteiger charge is 2.07. The van der Waals surface area contributed by atoms with Crippen LogP contribution in [0.5, 0.6) is 0 Å². The molecule has 0 atom stereocenters. The highest BCUT2D eigenvalue weighted by atomic mass is 16.4. The van der Waals surface area contributed by atoms with Gasteiger partial charge in [0.05, 0.1) is 5.56 Å². The van der Waals surface area contributed by atoms with Crippen LogP contribution in [0.3, 0.4) is 0 Å². The van der Waals surface area contributed by atoms with Gasteiger partial charge in [-0.15, -0.1) is 0 Å².